The molecule has 2 heterocycles. The average molecular weight is 879 g/mol. The molecule has 2 bridgehead atoms. The summed E-state index contributed by atoms with van der Waals surface area (Å²) >= 11 is 0. The molecule has 7 rings (SSSR count). The van der Waals surface area contributed by atoms with Crippen molar-refractivity contribution >= 4 is 40.1 Å². The molecule has 0 atom stereocenters. The van der Waals surface area contributed by atoms with Gasteiger partial charge in [0.2, 0.25) is 40.1 Å². The van der Waals surface area contributed by atoms with E-state index < -0.39 is 40.1 Å². The molecule has 12 nitrogen and oxygen atoms in total. The summed E-state index contributed by atoms with van der Waals surface area (Å²) in [5.41, 5.74) is 3.91. The Bertz CT molecular complexity index is 2640. The summed E-state index contributed by atoms with van der Waals surface area (Å²) in [6.45, 7) is 4.64. The highest BCUT2D eigenvalue weighted by atomic mass is 32.2. The van der Waals surface area contributed by atoms with Crippen LogP contribution >= 0.6 is 0 Å². The van der Waals surface area contributed by atoms with E-state index in [1.165, 1.54) is 65.8 Å². The van der Waals surface area contributed by atoms with Crippen LogP contribution in [0.15, 0.2) is 147 Å². The molecular weight excluding hydrogens is 829 g/mol. The SMILES string of the molecule is Cc1ccc(S(=O)(=O)N2CCCN(S(=O)(=O)c3ccccc3)Cc3ccc(cc3)CN(S(=O)(=O)c3ccc(C)cc3)CCCN(S(=O)(=O)c3ccc(C)cc3)CC2)cc1. The van der Waals surface area contributed by atoms with Crippen LogP contribution in [0.25, 0.3) is 0 Å². The molecule has 5 aromatic rings. The smallest absolute Gasteiger partial charge is 0.207 e. The molecule has 0 radical (unpaired) electrons. The first-order valence-electron chi connectivity index (χ1n) is 19.3. The highest BCUT2D eigenvalue weighted by molar-refractivity contribution is 7.90. The second kappa shape index (κ2) is 18.6. The van der Waals surface area contributed by atoms with Crippen molar-refractivity contribution in [3.05, 3.63) is 155 Å². The van der Waals surface area contributed by atoms with Gasteiger partial charge in [-0.3, -0.25) is 0 Å². The number of hydrogen-bond donors (Lipinski definition) is 0. The molecule has 0 aliphatic carbocycles. The molecule has 2 aliphatic heterocycles. The Morgan fingerprint density at radius 3 is 0.915 bits per heavy atom. The number of fused-ring (bicyclic) bond motifs is 15. The number of rotatable bonds is 8. The van der Waals surface area contributed by atoms with E-state index in [4.69, 9.17) is 0 Å². The first kappa shape index (κ1) is 44.3. The van der Waals surface area contributed by atoms with Gasteiger partial charge in [0.15, 0.2) is 0 Å². The standard InChI is InChI=1S/C43H50N4O8S4/c1-35-11-21-41(22-12-35)56(48,49)44-27-7-29-46(58(52,53)40-9-5-4-6-10-40)33-38-17-19-39(20-18-38)34-47(59(54,55)43-25-15-37(3)16-26-43)30-8-28-45(32-31-44)57(50,51)42-23-13-36(2)14-24-42/h4-6,9-26H,7-8,27-34H2,1-3H3. The van der Waals surface area contributed by atoms with Gasteiger partial charge in [-0.2, -0.15) is 17.2 Å². The number of benzene rings is 5. The molecule has 2 aliphatic rings. The molecule has 0 unspecified atom stereocenters. The van der Waals surface area contributed by atoms with Crippen LogP contribution < -0.4 is 0 Å². The molecule has 16 heteroatoms. The lowest BCUT2D eigenvalue weighted by molar-refractivity contribution is 0.313. The highest BCUT2D eigenvalue weighted by Gasteiger charge is 2.32. The average Bonchev–Trinajstić information content (AvgIpc) is 3.21. The summed E-state index contributed by atoms with van der Waals surface area (Å²) in [5.74, 6) is 0. The van der Waals surface area contributed by atoms with Crippen molar-refractivity contribution in [2.24, 2.45) is 0 Å². The molecule has 59 heavy (non-hydrogen) atoms. The third-order valence-corrected chi connectivity index (χ3v) is 17.9. The molecule has 5 aromatic carbocycles. The van der Waals surface area contributed by atoms with Crippen LogP contribution in [0.1, 0.15) is 40.7 Å². The summed E-state index contributed by atoms with van der Waals surface area (Å²) in [6.07, 6.45) is 0.205. The summed E-state index contributed by atoms with van der Waals surface area (Å²) in [5, 5.41) is 0. The van der Waals surface area contributed by atoms with Crippen molar-refractivity contribution in [1.29, 1.82) is 0 Å². The largest absolute Gasteiger partial charge is 0.243 e. The van der Waals surface area contributed by atoms with Gasteiger partial charge < -0.3 is 0 Å². The number of hydrogen-bond acceptors (Lipinski definition) is 8. The molecule has 0 aromatic heterocycles. The Kier molecular flexibility index (Phi) is 13.9. The fourth-order valence-corrected chi connectivity index (χ4v) is 12.7. The zero-order valence-corrected chi connectivity index (χ0v) is 36.6. The maximum Gasteiger partial charge on any atom is 0.243 e. The molecular formula is C43H50N4O8S4. The zero-order chi connectivity index (χ0) is 42.4. The van der Waals surface area contributed by atoms with Crippen LogP contribution in [0, 0.1) is 20.8 Å². The highest BCUT2D eigenvalue weighted by Crippen LogP contribution is 2.25. The van der Waals surface area contributed by atoms with Crippen LogP contribution in [-0.2, 0) is 53.2 Å². The van der Waals surface area contributed by atoms with Gasteiger partial charge in [0.25, 0.3) is 0 Å². The Labute approximate surface area is 349 Å². The van der Waals surface area contributed by atoms with Gasteiger partial charge in [-0.15, -0.1) is 0 Å². The van der Waals surface area contributed by atoms with E-state index in [0.717, 1.165) is 16.7 Å². The summed E-state index contributed by atoms with van der Waals surface area (Å²) in [7, 11) is -16.5. The van der Waals surface area contributed by atoms with Crippen molar-refractivity contribution in [2.45, 2.75) is 66.3 Å². The second-order valence-corrected chi connectivity index (χ2v) is 22.5. The Morgan fingerprint density at radius 1 is 0.322 bits per heavy atom. The first-order chi connectivity index (χ1) is 28.0. The van der Waals surface area contributed by atoms with Crippen molar-refractivity contribution in [2.75, 3.05) is 39.3 Å². The maximum absolute atomic E-state index is 14.3. The monoisotopic (exact) mass is 878 g/mol. The summed E-state index contributed by atoms with van der Waals surface area (Å²) < 4.78 is 119. The van der Waals surface area contributed by atoms with Gasteiger partial charge in [-0.05, 0) is 93.3 Å². The van der Waals surface area contributed by atoms with E-state index in [1.54, 1.807) is 78.9 Å². The van der Waals surface area contributed by atoms with Crippen molar-refractivity contribution in [3.63, 3.8) is 0 Å². The third kappa shape index (κ3) is 10.6. The molecule has 0 spiro atoms. The number of aryl methyl sites for hydroxylation is 3. The Morgan fingerprint density at radius 2 is 0.593 bits per heavy atom. The van der Waals surface area contributed by atoms with Crippen LogP contribution in [0.3, 0.4) is 0 Å². The minimum absolute atomic E-state index is 0.0176. The topological polar surface area (TPSA) is 150 Å². The minimum atomic E-state index is -4.20. The third-order valence-electron chi connectivity index (χ3n) is 10.3. The fourth-order valence-electron chi connectivity index (χ4n) is 6.82. The second-order valence-electron chi connectivity index (χ2n) is 14.8. The van der Waals surface area contributed by atoms with Gasteiger partial charge >= 0.3 is 0 Å². The first-order valence-corrected chi connectivity index (χ1v) is 25.1. The van der Waals surface area contributed by atoms with Gasteiger partial charge in [0.1, 0.15) is 0 Å². The van der Waals surface area contributed by atoms with E-state index in [0.29, 0.717) is 11.1 Å². The van der Waals surface area contributed by atoms with Gasteiger partial charge in [-0.1, -0.05) is 95.6 Å². The number of sulfonamides is 4. The maximum atomic E-state index is 14.3. The molecule has 0 amide bonds. The Balaban J connectivity index is 1.43. The normalized spacial score (nSPS) is 17.0. The lowest BCUT2D eigenvalue weighted by Gasteiger charge is -2.29. The zero-order valence-electron chi connectivity index (χ0n) is 33.4. The van der Waals surface area contributed by atoms with Crippen LogP contribution in [-0.4, -0.2) is 90.2 Å². The van der Waals surface area contributed by atoms with E-state index in [-0.39, 0.29) is 84.8 Å². The van der Waals surface area contributed by atoms with E-state index in [9.17, 15) is 33.7 Å². The van der Waals surface area contributed by atoms with Crippen LogP contribution in [0.5, 0.6) is 0 Å². The summed E-state index contributed by atoms with van der Waals surface area (Å²) in [4.78, 5) is 0.203. The summed E-state index contributed by atoms with van der Waals surface area (Å²) in [6, 6.07) is 34.2. The van der Waals surface area contributed by atoms with E-state index >= 15 is 0 Å². The molecule has 0 saturated heterocycles. The van der Waals surface area contributed by atoms with Crippen molar-refractivity contribution in [1.82, 2.24) is 17.2 Å². The van der Waals surface area contributed by atoms with Gasteiger partial charge in [0, 0.05) is 52.4 Å². The van der Waals surface area contributed by atoms with Crippen molar-refractivity contribution in [3.8, 4) is 0 Å². The molecule has 314 valence electrons. The minimum Gasteiger partial charge on any atom is -0.207 e. The van der Waals surface area contributed by atoms with Gasteiger partial charge in [-0.25, -0.2) is 33.7 Å². The lowest BCUT2D eigenvalue weighted by Crippen LogP contribution is -2.43. The lowest BCUT2D eigenvalue weighted by atomic mass is 10.1. The van der Waals surface area contributed by atoms with E-state index in [1.807, 2.05) is 20.8 Å². The van der Waals surface area contributed by atoms with Crippen LogP contribution in [0.4, 0.5) is 0 Å². The number of nitrogens with zero attached hydrogens (tertiary/aromatic N) is 4. The van der Waals surface area contributed by atoms with Crippen molar-refractivity contribution < 1.29 is 33.7 Å². The predicted molar refractivity (Wildman–Crippen MR) is 228 cm³/mol. The van der Waals surface area contributed by atoms with Gasteiger partial charge in [0.05, 0.1) is 19.6 Å². The quantitative estimate of drug-likeness (QED) is 0.180. The fraction of sp³-hybridized carbons (Fsp3) is 0.302. The molecule has 0 saturated carbocycles. The van der Waals surface area contributed by atoms with E-state index in [2.05, 4.69) is 0 Å². The molecule has 0 N–H and O–H groups in total. The molecule has 0 fully saturated rings. The predicted octanol–water partition coefficient (Wildman–Crippen LogP) is 6.17. The van der Waals surface area contributed by atoms with Crippen LogP contribution in [0.2, 0.25) is 0 Å². The Hall–Kier alpha value is -4.26.